The molecule has 0 saturated carbocycles. The molecule has 0 unspecified atom stereocenters. The van der Waals surface area contributed by atoms with Crippen molar-refractivity contribution in [3.8, 4) is 34.0 Å². The molecule has 5 aromatic rings. The van der Waals surface area contributed by atoms with Gasteiger partial charge in [0.1, 0.15) is 29.1 Å². The van der Waals surface area contributed by atoms with Gasteiger partial charge >= 0.3 is 0 Å². The average molecular weight is 544 g/mol. The number of halogens is 2. The number of carbonyl (C=O) groups excluding carboxylic acids is 1. The molecular weight excluding hydrogens is 524 g/mol. The minimum atomic E-state index is -3.59. The van der Waals surface area contributed by atoms with Gasteiger partial charge in [0.2, 0.25) is 10.0 Å². The Labute approximate surface area is 222 Å². The van der Waals surface area contributed by atoms with Crippen molar-refractivity contribution < 1.29 is 22.0 Å². The van der Waals surface area contributed by atoms with Crippen LogP contribution < -0.4 is 10.5 Å². The fourth-order valence-electron chi connectivity index (χ4n) is 4.35. The van der Waals surface area contributed by atoms with Crippen LogP contribution in [0.4, 0.5) is 14.5 Å². The molecule has 0 spiro atoms. The van der Waals surface area contributed by atoms with Gasteiger partial charge in [-0.05, 0) is 71.8 Å². The van der Waals surface area contributed by atoms with Gasteiger partial charge in [0.05, 0.1) is 17.5 Å². The number of anilines is 1. The van der Waals surface area contributed by atoms with Gasteiger partial charge in [-0.25, -0.2) is 22.2 Å². The van der Waals surface area contributed by atoms with E-state index in [-0.39, 0.29) is 22.6 Å². The Morgan fingerprint density at radius 2 is 1.74 bits per heavy atom. The van der Waals surface area contributed by atoms with E-state index in [4.69, 9.17) is 11.0 Å². The van der Waals surface area contributed by atoms with E-state index in [1.807, 2.05) is 6.07 Å². The molecule has 0 aliphatic carbocycles. The monoisotopic (exact) mass is 543 g/mol. The number of nitrogens with one attached hydrogen (secondary N) is 1. The fraction of sp³-hybridized carbons (Fsp3) is 0.0357. The molecule has 194 valence electrons. The fourth-order valence-corrected chi connectivity index (χ4v) is 4.91. The molecule has 0 aliphatic rings. The molecule has 8 nitrogen and oxygen atoms in total. The summed E-state index contributed by atoms with van der Waals surface area (Å²) in [5.41, 5.74) is 8.77. The van der Waals surface area contributed by atoms with E-state index in [2.05, 4.69) is 9.71 Å². The number of rotatable bonds is 6. The van der Waals surface area contributed by atoms with Crippen molar-refractivity contribution in [3.05, 3.63) is 102 Å². The maximum absolute atomic E-state index is 14.9. The van der Waals surface area contributed by atoms with Crippen molar-refractivity contribution >= 4 is 32.5 Å². The first-order valence-corrected chi connectivity index (χ1v) is 13.3. The van der Waals surface area contributed by atoms with Crippen molar-refractivity contribution in [2.24, 2.45) is 5.73 Å². The summed E-state index contributed by atoms with van der Waals surface area (Å²) in [6.07, 6.45) is 2.50. The van der Waals surface area contributed by atoms with Gasteiger partial charge in [-0.1, -0.05) is 6.07 Å². The number of amides is 1. The Balaban J connectivity index is 1.81. The average Bonchev–Trinajstić information content (AvgIpc) is 3.27. The smallest absolute Gasteiger partial charge is 0.265 e. The summed E-state index contributed by atoms with van der Waals surface area (Å²) >= 11 is 0. The van der Waals surface area contributed by atoms with Crippen molar-refractivity contribution in [3.63, 3.8) is 0 Å². The summed E-state index contributed by atoms with van der Waals surface area (Å²) in [5, 5.41) is 9.72. The van der Waals surface area contributed by atoms with Gasteiger partial charge < -0.3 is 10.3 Å². The van der Waals surface area contributed by atoms with Crippen LogP contribution in [0.15, 0.2) is 79.0 Å². The Hall–Kier alpha value is -5.08. The van der Waals surface area contributed by atoms with Crippen LogP contribution in [-0.2, 0) is 10.0 Å². The number of hydrogen-bond donors (Lipinski definition) is 2. The Morgan fingerprint density at radius 3 is 2.38 bits per heavy atom. The van der Waals surface area contributed by atoms with Gasteiger partial charge in [0.15, 0.2) is 0 Å². The molecule has 39 heavy (non-hydrogen) atoms. The number of hydrogen-bond acceptors (Lipinski definition) is 5. The van der Waals surface area contributed by atoms with Crippen LogP contribution >= 0.6 is 0 Å². The van der Waals surface area contributed by atoms with Crippen LogP contribution in [-0.4, -0.2) is 30.1 Å². The topological polar surface area (TPSA) is 131 Å². The van der Waals surface area contributed by atoms with Crippen molar-refractivity contribution in [2.45, 2.75) is 0 Å². The summed E-state index contributed by atoms with van der Waals surface area (Å²) in [6.45, 7) is 0. The van der Waals surface area contributed by atoms with Gasteiger partial charge in [-0.3, -0.25) is 9.52 Å². The number of primary amides is 1. The highest BCUT2D eigenvalue weighted by Gasteiger charge is 2.19. The van der Waals surface area contributed by atoms with Crippen LogP contribution in [0.3, 0.4) is 0 Å². The van der Waals surface area contributed by atoms with E-state index in [0.717, 1.165) is 18.4 Å². The minimum absolute atomic E-state index is 0.0992. The first kappa shape index (κ1) is 25.6. The zero-order valence-corrected chi connectivity index (χ0v) is 21.1. The highest BCUT2D eigenvalue weighted by Crippen LogP contribution is 2.34. The van der Waals surface area contributed by atoms with E-state index >= 15 is 0 Å². The third kappa shape index (κ3) is 5.18. The quantitative estimate of drug-likeness (QED) is 0.312. The number of benzene rings is 3. The van der Waals surface area contributed by atoms with Crippen LogP contribution in [0.5, 0.6) is 0 Å². The SMILES string of the molecule is CS(=O)(=O)Nc1ccc2cc(C(N)=O)n(-c3cc(-c4ccc(C#N)nc4)cc(-c4ccc(F)cc4F)c3)c2c1. The first-order chi connectivity index (χ1) is 18.5. The number of nitrogens with zero attached hydrogens (tertiary/aromatic N) is 3. The highest BCUT2D eigenvalue weighted by atomic mass is 32.2. The van der Waals surface area contributed by atoms with Crippen molar-refractivity contribution in [2.75, 3.05) is 11.0 Å². The Bertz CT molecular complexity index is 1930. The molecule has 0 atom stereocenters. The van der Waals surface area contributed by atoms with Crippen molar-refractivity contribution in [1.82, 2.24) is 9.55 Å². The molecule has 2 aromatic heterocycles. The zero-order valence-electron chi connectivity index (χ0n) is 20.3. The van der Waals surface area contributed by atoms with E-state index in [1.54, 1.807) is 48.5 Å². The maximum atomic E-state index is 14.9. The molecule has 11 heteroatoms. The highest BCUT2D eigenvalue weighted by molar-refractivity contribution is 7.92. The van der Waals surface area contributed by atoms with E-state index in [1.165, 1.54) is 22.9 Å². The molecule has 3 aromatic carbocycles. The Kier molecular flexibility index (Phi) is 6.33. The minimum Gasteiger partial charge on any atom is -0.364 e. The largest absolute Gasteiger partial charge is 0.364 e. The van der Waals surface area contributed by atoms with E-state index in [0.29, 0.717) is 33.3 Å². The number of carbonyl (C=O) groups is 1. The molecule has 0 saturated heterocycles. The number of sulfonamides is 1. The van der Waals surface area contributed by atoms with Gasteiger partial charge in [0.25, 0.3) is 5.91 Å². The lowest BCUT2D eigenvalue weighted by Gasteiger charge is -2.15. The lowest BCUT2D eigenvalue weighted by molar-refractivity contribution is 0.0994. The third-order valence-electron chi connectivity index (χ3n) is 5.99. The summed E-state index contributed by atoms with van der Waals surface area (Å²) in [5.74, 6) is -2.27. The number of nitrogens with two attached hydrogens (primary N) is 1. The first-order valence-electron chi connectivity index (χ1n) is 11.4. The summed E-state index contributed by atoms with van der Waals surface area (Å²) in [7, 11) is -3.59. The molecule has 0 fully saturated rings. The lowest BCUT2D eigenvalue weighted by Crippen LogP contribution is -2.16. The molecule has 0 aliphatic heterocycles. The van der Waals surface area contributed by atoms with Crippen LogP contribution in [0, 0.1) is 23.0 Å². The van der Waals surface area contributed by atoms with Crippen LogP contribution in [0.2, 0.25) is 0 Å². The van der Waals surface area contributed by atoms with E-state index < -0.39 is 27.6 Å². The van der Waals surface area contributed by atoms with Crippen LogP contribution in [0.1, 0.15) is 16.2 Å². The van der Waals surface area contributed by atoms with Crippen LogP contribution in [0.25, 0.3) is 38.8 Å². The lowest BCUT2D eigenvalue weighted by atomic mass is 9.98. The number of fused-ring (bicyclic) bond motifs is 1. The summed E-state index contributed by atoms with van der Waals surface area (Å²) in [4.78, 5) is 16.6. The third-order valence-corrected chi connectivity index (χ3v) is 6.60. The second kappa shape index (κ2) is 9.66. The molecule has 1 amide bonds. The van der Waals surface area contributed by atoms with Gasteiger partial charge in [0, 0.05) is 34.5 Å². The summed E-state index contributed by atoms with van der Waals surface area (Å²) in [6, 6.07) is 19.7. The standard InChI is InChI=1S/C28H19F2N5O3S/c1-39(37,38)34-21-5-2-16-11-27(28(32)36)35(26(16)13-21)23-9-18(17-3-6-22(14-31)33-15-17)8-19(10-23)24-7-4-20(29)12-25(24)30/h2-13,15,34H,1H3,(H2,32,36). The predicted octanol–water partition coefficient (Wildman–Crippen LogP) is 4.98. The number of pyridine rings is 1. The van der Waals surface area contributed by atoms with Gasteiger partial charge in [-0.15, -0.1) is 0 Å². The zero-order chi connectivity index (χ0) is 27.9. The summed E-state index contributed by atoms with van der Waals surface area (Å²) < 4.78 is 56.2. The van der Waals surface area contributed by atoms with E-state index in [9.17, 15) is 22.0 Å². The molecule has 2 heterocycles. The predicted molar refractivity (Wildman–Crippen MR) is 144 cm³/mol. The molecule has 0 radical (unpaired) electrons. The molecular formula is C28H19F2N5O3S. The number of nitriles is 1. The maximum Gasteiger partial charge on any atom is 0.265 e. The second-order valence-corrected chi connectivity index (χ2v) is 10.6. The van der Waals surface area contributed by atoms with Gasteiger partial charge in [-0.2, -0.15) is 5.26 Å². The number of aromatic nitrogens is 2. The normalized spacial score (nSPS) is 11.3. The second-order valence-electron chi connectivity index (χ2n) is 8.81. The molecule has 5 rings (SSSR count). The van der Waals surface area contributed by atoms with Crippen molar-refractivity contribution in [1.29, 1.82) is 5.26 Å². The Morgan fingerprint density at radius 1 is 0.974 bits per heavy atom. The molecule has 3 N–H and O–H groups in total. The molecule has 0 bridgehead atoms.